The van der Waals surface area contributed by atoms with E-state index in [1.807, 2.05) is 0 Å². The monoisotopic (exact) mass is 547 g/mol. The van der Waals surface area contributed by atoms with Crippen LogP contribution in [0.25, 0.3) is 12.2 Å². The highest BCUT2D eigenvalue weighted by Gasteiger charge is 2.31. The quantitative estimate of drug-likeness (QED) is 0.123. The smallest absolute Gasteiger partial charge is 0.493 e. The van der Waals surface area contributed by atoms with Crippen LogP contribution in [0.4, 0.5) is 23.2 Å². The van der Waals surface area contributed by atoms with Crippen LogP contribution in [-0.4, -0.2) is 40.6 Å². The predicted octanol–water partition coefficient (Wildman–Crippen LogP) is 6.74. The first kappa shape index (κ1) is 28.9. The lowest BCUT2D eigenvalue weighted by atomic mass is 10.1. The molecule has 7 nitrogen and oxygen atoms in total. The third-order valence-electron chi connectivity index (χ3n) is 5.27. The summed E-state index contributed by atoms with van der Waals surface area (Å²) in [6.07, 6.45) is 0.971. The van der Waals surface area contributed by atoms with Gasteiger partial charge in [0.2, 0.25) is 5.75 Å². The van der Waals surface area contributed by atoms with Crippen LogP contribution in [0.2, 0.25) is 0 Å². The Morgan fingerprint density at radius 1 is 0.795 bits per heavy atom. The van der Waals surface area contributed by atoms with Crippen molar-refractivity contribution < 1.29 is 46.0 Å². The number of nitrogens with one attached hydrogen (secondary N) is 1. The first-order chi connectivity index (χ1) is 18.6. The number of carbonyl (C=O) groups is 1. The Labute approximate surface area is 222 Å². The van der Waals surface area contributed by atoms with Gasteiger partial charge in [-0.25, -0.2) is 4.39 Å². The van der Waals surface area contributed by atoms with Gasteiger partial charge in [-0.2, -0.15) is 0 Å². The van der Waals surface area contributed by atoms with Crippen LogP contribution in [0.15, 0.2) is 60.8 Å². The minimum Gasteiger partial charge on any atom is -0.493 e. The second kappa shape index (κ2) is 12.7. The summed E-state index contributed by atoms with van der Waals surface area (Å²) >= 11 is 0. The first-order valence-corrected chi connectivity index (χ1v) is 11.3. The summed E-state index contributed by atoms with van der Waals surface area (Å²) in [6.45, 7) is 0. The number of benzene rings is 3. The molecular weight excluding hydrogens is 522 g/mol. The number of ketones is 1. The molecule has 11 heteroatoms. The van der Waals surface area contributed by atoms with Crippen molar-refractivity contribution in [2.75, 3.05) is 33.8 Å². The molecular formula is C28H25F4NO6. The third-order valence-corrected chi connectivity index (χ3v) is 5.27. The number of hydrogen-bond acceptors (Lipinski definition) is 7. The van der Waals surface area contributed by atoms with E-state index in [-0.39, 0.29) is 17.0 Å². The summed E-state index contributed by atoms with van der Waals surface area (Å²) in [5.74, 6) is -0.324. The molecule has 0 bridgehead atoms. The van der Waals surface area contributed by atoms with E-state index in [0.29, 0.717) is 28.4 Å². The third kappa shape index (κ3) is 7.67. The maximum absolute atomic E-state index is 14.7. The van der Waals surface area contributed by atoms with Crippen molar-refractivity contribution in [3.63, 3.8) is 0 Å². The summed E-state index contributed by atoms with van der Waals surface area (Å²) in [5.41, 5.74) is 1.54. The fourth-order valence-electron chi connectivity index (χ4n) is 3.54. The van der Waals surface area contributed by atoms with Gasteiger partial charge in [0, 0.05) is 17.8 Å². The van der Waals surface area contributed by atoms with Crippen molar-refractivity contribution in [1.29, 1.82) is 0 Å². The fraction of sp³-hybridized carbons (Fsp3) is 0.179. The molecule has 0 aromatic heterocycles. The maximum Gasteiger partial charge on any atom is 0.573 e. The molecule has 0 heterocycles. The number of allylic oxidation sites excluding steroid dienone is 1. The Morgan fingerprint density at radius 2 is 1.36 bits per heavy atom. The molecule has 0 saturated carbocycles. The molecule has 206 valence electrons. The average molecular weight is 548 g/mol. The minimum atomic E-state index is -4.83. The number of rotatable bonds is 11. The molecule has 0 unspecified atom stereocenters. The highest BCUT2D eigenvalue weighted by atomic mass is 19.4. The van der Waals surface area contributed by atoms with Gasteiger partial charge in [0.25, 0.3) is 0 Å². The number of anilines is 1. The molecule has 0 amide bonds. The second-order valence-corrected chi connectivity index (χ2v) is 7.79. The molecule has 3 aromatic carbocycles. The van der Waals surface area contributed by atoms with Gasteiger partial charge >= 0.3 is 6.36 Å². The molecule has 0 saturated heterocycles. The largest absolute Gasteiger partial charge is 0.573 e. The van der Waals surface area contributed by atoms with E-state index in [2.05, 4.69) is 10.1 Å². The van der Waals surface area contributed by atoms with Crippen molar-refractivity contribution in [1.82, 2.24) is 0 Å². The number of carbonyl (C=O) groups excluding carboxylic acids is 1. The van der Waals surface area contributed by atoms with Gasteiger partial charge in [-0.3, -0.25) is 4.79 Å². The average Bonchev–Trinajstić information content (AvgIpc) is 2.90. The van der Waals surface area contributed by atoms with Crippen LogP contribution < -0.4 is 29.0 Å². The van der Waals surface area contributed by atoms with Crippen LogP contribution in [-0.2, 0) is 0 Å². The molecule has 0 aliphatic rings. The van der Waals surface area contributed by atoms with Gasteiger partial charge in [0.05, 0.1) is 34.1 Å². The standard InChI is InChI=1S/C28H25F4NO6/c1-35-24-15-18(16-25(36-2)27(24)38-4)6-5-17-13-21(29)26(37-3)22(14-17)33-12-11-23(34)19-7-9-20(10-8-19)39-28(30,31)32/h5-16,33H,1-4H3/b6-5-,12-11-. The van der Waals surface area contributed by atoms with Crippen molar-refractivity contribution in [3.05, 3.63) is 83.3 Å². The molecule has 0 aliphatic carbocycles. The van der Waals surface area contributed by atoms with Gasteiger partial charge in [0.15, 0.2) is 28.8 Å². The van der Waals surface area contributed by atoms with Crippen LogP contribution in [0, 0.1) is 5.82 Å². The van der Waals surface area contributed by atoms with Gasteiger partial charge < -0.3 is 29.0 Å². The topological polar surface area (TPSA) is 75.3 Å². The highest BCUT2D eigenvalue weighted by Crippen LogP contribution is 2.39. The van der Waals surface area contributed by atoms with E-state index in [0.717, 1.165) is 18.2 Å². The first-order valence-electron chi connectivity index (χ1n) is 11.3. The van der Waals surface area contributed by atoms with E-state index in [1.54, 1.807) is 30.4 Å². The fourth-order valence-corrected chi connectivity index (χ4v) is 3.54. The zero-order valence-electron chi connectivity index (χ0n) is 21.4. The number of halogens is 4. The number of hydrogen-bond donors (Lipinski definition) is 1. The molecule has 0 radical (unpaired) electrons. The molecule has 1 N–H and O–H groups in total. The van der Waals surface area contributed by atoms with Gasteiger partial charge in [-0.1, -0.05) is 12.2 Å². The van der Waals surface area contributed by atoms with E-state index in [9.17, 15) is 22.4 Å². The zero-order chi connectivity index (χ0) is 28.6. The van der Waals surface area contributed by atoms with Gasteiger partial charge in [0.1, 0.15) is 5.75 Å². The zero-order valence-corrected chi connectivity index (χ0v) is 21.4. The lowest BCUT2D eigenvalue weighted by Crippen LogP contribution is -2.17. The Morgan fingerprint density at radius 3 is 1.87 bits per heavy atom. The normalized spacial score (nSPS) is 11.5. The van der Waals surface area contributed by atoms with Crippen LogP contribution >= 0.6 is 0 Å². The van der Waals surface area contributed by atoms with E-state index >= 15 is 0 Å². The Balaban J connectivity index is 1.79. The van der Waals surface area contributed by atoms with Gasteiger partial charge in [-0.05, 0) is 59.7 Å². The Bertz CT molecular complexity index is 1340. The van der Waals surface area contributed by atoms with E-state index in [4.69, 9.17) is 18.9 Å². The number of ether oxygens (including phenoxy) is 5. The Kier molecular flexibility index (Phi) is 9.43. The molecule has 3 aromatic rings. The van der Waals surface area contributed by atoms with Gasteiger partial charge in [-0.15, -0.1) is 13.2 Å². The second-order valence-electron chi connectivity index (χ2n) is 7.79. The SMILES string of the molecule is COc1cc(/C=C\c2cc(F)c(OC)c(N/C=C\C(=O)c3ccc(OC(F)(F)F)cc3)c2)cc(OC)c1OC. The van der Waals surface area contributed by atoms with Crippen LogP contribution in [0.3, 0.4) is 0 Å². The lowest BCUT2D eigenvalue weighted by Gasteiger charge is -2.13. The minimum absolute atomic E-state index is 0.0781. The van der Waals surface area contributed by atoms with Crippen molar-refractivity contribution in [3.8, 4) is 28.7 Å². The highest BCUT2D eigenvalue weighted by molar-refractivity contribution is 6.04. The summed E-state index contributed by atoms with van der Waals surface area (Å²) in [5, 5.41) is 2.81. The summed E-state index contributed by atoms with van der Waals surface area (Å²) in [6, 6.07) is 10.8. The molecule has 0 spiro atoms. The van der Waals surface area contributed by atoms with Crippen molar-refractivity contribution >= 4 is 23.6 Å². The molecule has 0 fully saturated rings. The molecule has 3 rings (SSSR count). The number of alkyl halides is 3. The lowest BCUT2D eigenvalue weighted by molar-refractivity contribution is -0.274. The van der Waals surface area contributed by atoms with Crippen LogP contribution in [0.1, 0.15) is 21.5 Å². The maximum atomic E-state index is 14.7. The summed E-state index contributed by atoms with van der Waals surface area (Å²) in [7, 11) is 5.79. The summed E-state index contributed by atoms with van der Waals surface area (Å²) < 4.78 is 76.6. The van der Waals surface area contributed by atoms with Crippen molar-refractivity contribution in [2.45, 2.75) is 6.36 Å². The molecule has 39 heavy (non-hydrogen) atoms. The van der Waals surface area contributed by atoms with E-state index in [1.165, 1.54) is 52.8 Å². The number of methoxy groups -OCH3 is 4. The Hall–Kier alpha value is -4.67. The van der Waals surface area contributed by atoms with E-state index < -0.39 is 23.7 Å². The van der Waals surface area contributed by atoms with Crippen molar-refractivity contribution in [2.24, 2.45) is 0 Å². The summed E-state index contributed by atoms with van der Waals surface area (Å²) in [4.78, 5) is 12.4. The van der Waals surface area contributed by atoms with Crippen LogP contribution in [0.5, 0.6) is 28.7 Å². The molecule has 0 atom stereocenters. The molecule has 0 aliphatic heterocycles. The predicted molar refractivity (Wildman–Crippen MR) is 138 cm³/mol.